The molecule has 0 heterocycles. The highest BCUT2D eigenvalue weighted by Crippen LogP contribution is 2.18. The third kappa shape index (κ3) is 4.90. The van der Waals surface area contributed by atoms with Gasteiger partial charge in [-0.25, -0.2) is 0 Å². The van der Waals surface area contributed by atoms with Crippen LogP contribution in [0.2, 0.25) is 0 Å². The van der Waals surface area contributed by atoms with Gasteiger partial charge in [0.2, 0.25) is 0 Å². The highest BCUT2D eigenvalue weighted by molar-refractivity contribution is 5.48. The Morgan fingerprint density at radius 2 is 2.12 bits per heavy atom. The molecule has 2 N–H and O–H groups in total. The first-order valence-corrected chi connectivity index (χ1v) is 5.78. The summed E-state index contributed by atoms with van der Waals surface area (Å²) in [6.45, 7) is 6.17. The maximum absolute atomic E-state index is 5.62. The van der Waals surface area contributed by atoms with Crippen LogP contribution in [-0.2, 0) is 4.74 Å². The van der Waals surface area contributed by atoms with Crippen molar-refractivity contribution < 1.29 is 9.47 Å². The van der Waals surface area contributed by atoms with Gasteiger partial charge in [-0.2, -0.15) is 0 Å². The zero-order valence-corrected chi connectivity index (χ0v) is 10.5. The van der Waals surface area contributed by atoms with Gasteiger partial charge in [-0.3, -0.25) is 0 Å². The van der Waals surface area contributed by atoms with Gasteiger partial charge in [-0.1, -0.05) is 17.9 Å². The molecule has 0 bridgehead atoms. The molecule has 0 spiro atoms. The van der Waals surface area contributed by atoms with Gasteiger partial charge in [0.25, 0.3) is 0 Å². The number of ether oxygens (including phenoxy) is 2. The predicted molar refractivity (Wildman–Crippen MR) is 69.1 cm³/mol. The van der Waals surface area contributed by atoms with Crippen LogP contribution < -0.4 is 10.5 Å². The minimum Gasteiger partial charge on any atom is -0.490 e. The van der Waals surface area contributed by atoms with E-state index in [1.165, 1.54) is 0 Å². The van der Waals surface area contributed by atoms with Crippen molar-refractivity contribution in [3.8, 4) is 17.6 Å². The van der Waals surface area contributed by atoms with Crippen LogP contribution in [0.1, 0.15) is 18.1 Å². The van der Waals surface area contributed by atoms with Crippen molar-refractivity contribution in [3.05, 3.63) is 29.3 Å². The summed E-state index contributed by atoms with van der Waals surface area (Å²) in [5.41, 5.74) is 7.41. The van der Waals surface area contributed by atoms with Crippen molar-refractivity contribution in [2.75, 3.05) is 26.4 Å². The lowest BCUT2D eigenvalue weighted by Gasteiger charge is -2.08. The van der Waals surface area contributed by atoms with Crippen LogP contribution in [0.25, 0.3) is 0 Å². The van der Waals surface area contributed by atoms with E-state index in [1.807, 2.05) is 32.0 Å². The Bertz CT molecular complexity index is 404. The Morgan fingerprint density at radius 1 is 1.29 bits per heavy atom. The molecule has 1 rings (SSSR count). The number of nitrogens with two attached hydrogens (primary N) is 1. The molecule has 0 radical (unpaired) electrons. The van der Waals surface area contributed by atoms with Gasteiger partial charge in [-0.05, 0) is 31.5 Å². The molecule has 0 aliphatic heterocycles. The molecular weight excluding hydrogens is 214 g/mol. The summed E-state index contributed by atoms with van der Waals surface area (Å²) in [5.74, 6) is 6.64. The molecule has 92 valence electrons. The number of benzene rings is 1. The fraction of sp³-hybridized carbons (Fsp3) is 0.429. The van der Waals surface area contributed by atoms with E-state index in [9.17, 15) is 0 Å². The Labute approximate surface area is 103 Å². The van der Waals surface area contributed by atoms with Gasteiger partial charge in [0.05, 0.1) is 18.7 Å². The second kappa shape index (κ2) is 7.72. The molecule has 0 aromatic heterocycles. The van der Waals surface area contributed by atoms with Crippen LogP contribution in [0.4, 0.5) is 0 Å². The first-order valence-electron chi connectivity index (χ1n) is 5.78. The highest BCUT2D eigenvalue weighted by Gasteiger charge is 2.01. The number of aryl methyl sites for hydroxylation is 1. The molecule has 0 saturated heterocycles. The third-order valence-electron chi connectivity index (χ3n) is 2.15. The van der Waals surface area contributed by atoms with E-state index in [0.29, 0.717) is 26.4 Å². The van der Waals surface area contributed by atoms with E-state index in [2.05, 4.69) is 11.8 Å². The standard InChI is InChI=1S/C14H19NO2/c1-3-16-9-10-17-14-7-6-12(2)11-13(14)5-4-8-15/h6-7,11H,3,8-10,15H2,1-2H3. The van der Waals surface area contributed by atoms with Crippen molar-refractivity contribution in [3.63, 3.8) is 0 Å². The quantitative estimate of drug-likeness (QED) is 0.622. The largest absolute Gasteiger partial charge is 0.490 e. The van der Waals surface area contributed by atoms with Crippen molar-refractivity contribution in [2.24, 2.45) is 5.73 Å². The minimum atomic E-state index is 0.353. The maximum atomic E-state index is 5.62. The van der Waals surface area contributed by atoms with E-state index in [0.717, 1.165) is 16.9 Å². The fourth-order valence-corrected chi connectivity index (χ4v) is 1.37. The van der Waals surface area contributed by atoms with Crippen molar-refractivity contribution >= 4 is 0 Å². The summed E-state index contributed by atoms with van der Waals surface area (Å²) in [4.78, 5) is 0. The smallest absolute Gasteiger partial charge is 0.135 e. The Balaban J connectivity index is 2.69. The molecule has 0 fully saturated rings. The monoisotopic (exact) mass is 233 g/mol. The van der Waals surface area contributed by atoms with Gasteiger partial charge in [0, 0.05) is 6.61 Å². The molecule has 0 saturated carbocycles. The summed E-state index contributed by atoms with van der Waals surface area (Å²) in [5, 5.41) is 0. The summed E-state index contributed by atoms with van der Waals surface area (Å²) in [6.07, 6.45) is 0. The average Bonchev–Trinajstić information content (AvgIpc) is 2.34. The third-order valence-corrected chi connectivity index (χ3v) is 2.15. The van der Waals surface area contributed by atoms with E-state index >= 15 is 0 Å². The summed E-state index contributed by atoms with van der Waals surface area (Å²) < 4.78 is 10.8. The molecule has 17 heavy (non-hydrogen) atoms. The maximum Gasteiger partial charge on any atom is 0.135 e. The van der Waals surface area contributed by atoms with E-state index in [1.54, 1.807) is 0 Å². The molecule has 0 unspecified atom stereocenters. The first kappa shape index (κ1) is 13.6. The van der Waals surface area contributed by atoms with E-state index in [4.69, 9.17) is 15.2 Å². The van der Waals surface area contributed by atoms with Gasteiger partial charge in [0.1, 0.15) is 12.4 Å². The lowest BCUT2D eigenvalue weighted by Crippen LogP contribution is -2.07. The van der Waals surface area contributed by atoms with Crippen LogP contribution in [0.15, 0.2) is 18.2 Å². The topological polar surface area (TPSA) is 44.5 Å². The molecule has 1 aromatic rings. The molecule has 0 aliphatic carbocycles. The second-order valence-electron chi connectivity index (χ2n) is 3.55. The summed E-state index contributed by atoms with van der Waals surface area (Å²) in [6, 6.07) is 5.93. The van der Waals surface area contributed by atoms with Crippen LogP contribution in [-0.4, -0.2) is 26.4 Å². The Morgan fingerprint density at radius 3 is 2.82 bits per heavy atom. The van der Waals surface area contributed by atoms with E-state index in [-0.39, 0.29) is 0 Å². The molecule has 0 aliphatic rings. The average molecular weight is 233 g/mol. The lowest BCUT2D eigenvalue weighted by atomic mass is 10.1. The van der Waals surface area contributed by atoms with Gasteiger partial charge in [0.15, 0.2) is 0 Å². The fourth-order valence-electron chi connectivity index (χ4n) is 1.37. The highest BCUT2D eigenvalue weighted by atomic mass is 16.5. The van der Waals surface area contributed by atoms with E-state index < -0.39 is 0 Å². The van der Waals surface area contributed by atoms with Crippen LogP contribution >= 0.6 is 0 Å². The molecule has 3 nitrogen and oxygen atoms in total. The molecular formula is C14H19NO2. The molecule has 0 atom stereocenters. The van der Waals surface area contributed by atoms with Crippen molar-refractivity contribution in [1.29, 1.82) is 0 Å². The summed E-state index contributed by atoms with van der Waals surface area (Å²) >= 11 is 0. The van der Waals surface area contributed by atoms with Crippen LogP contribution in [0.3, 0.4) is 0 Å². The normalized spacial score (nSPS) is 9.59. The van der Waals surface area contributed by atoms with Gasteiger partial charge >= 0.3 is 0 Å². The molecule has 0 amide bonds. The number of rotatable bonds is 5. The minimum absolute atomic E-state index is 0.353. The number of hydrogen-bond donors (Lipinski definition) is 1. The van der Waals surface area contributed by atoms with Crippen LogP contribution in [0.5, 0.6) is 5.75 Å². The Kier molecular flexibility index (Phi) is 6.16. The number of hydrogen-bond acceptors (Lipinski definition) is 3. The van der Waals surface area contributed by atoms with Crippen LogP contribution in [0, 0.1) is 18.8 Å². The van der Waals surface area contributed by atoms with Crippen molar-refractivity contribution in [2.45, 2.75) is 13.8 Å². The Hall–Kier alpha value is -1.50. The molecule has 3 heteroatoms. The predicted octanol–water partition coefficient (Wildman–Crippen LogP) is 1.72. The first-order chi connectivity index (χ1) is 8.27. The summed E-state index contributed by atoms with van der Waals surface area (Å²) in [7, 11) is 0. The second-order valence-corrected chi connectivity index (χ2v) is 3.55. The SMILES string of the molecule is CCOCCOc1ccc(C)cc1C#CCN. The zero-order valence-electron chi connectivity index (χ0n) is 10.5. The van der Waals surface area contributed by atoms with Gasteiger partial charge in [-0.15, -0.1) is 0 Å². The lowest BCUT2D eigenvalue weighted by molar-refractivity contribution is 0.110. The van der Waals surface area contributed by atoms with Gasteiger partial charge < -0.3 is 15.2 Å². The molecule has 1 aromatic carbocycles. The zero-order chi connectivity index (χ0) is 12.5. The van der Waals surface area contributed by atoms with Crippen molar-refractivity contribution in [1.82, 2.24) is 0 Å².